The van der Waals surface area contributed by atoms with Crippen LogP contribution in [0.15, 0.2) is 42.5 Å². The minimum absolute atomic E-state index is 0. The van der Waals surface area contributed by atoms with E-state index in [2.05, 4.69) is 0 Å². The summed E-state index contributed by atoms with van der Waals surface area (Å²) < 4.78 is 0. The Kier molecular flexibility index (Phi) is 4.09. The number of benzene rings is 2. The summed E-state index contributed by atoms with van der Waals surface area (Å²) in [6.45, 7) is 0.262. The monoisotopic (exact) mass is 223 g/mol. The predicted octanol–water partition coefficient (Wildman–Crippen LogP) is 2.25. The quantitative estimate of drug-likeness (QED) is 0.821. The predicted molar refractivity (Wildman–Crippen MR) is 65.2 cm³/mol. The zero-order chi connectivity index (χ0) is 9.97. The maximum atomic E-state index is 9.56. The van der Waals surface area contributed by atoms with Crippen molar-refractivity contribution in [1.29, 1.82) is 0 Å². The van der Waals surface area contributed by atoms with E-state index in [1.54, 1.807) is 0 Å². The fraction of sp³-hybridized carbons (Fsp3) is 0.167. The van der Waals surface area contributed by atoms with Crippen molar-refractivity contribution < 1.29 is 5.11 Å². The van der Waals surface area contributed by atoms with E-state index < -0.39 is 6.10 Å². The fourth-order valence-corrected chi connectivity index (χ4v) is 1.55. The van der Waals surface area contributed by atoms with Crippen molar-refractivity contribution >= 4 is 23.2 Å². The van der Waals surface area contributed by atoms with E-state index in [9.17, 15) is 5.11 Å². The summed E-state index contributed by atoms with van der Waals surface area (Å²) in [5.74, 6) is 0. The van der Waals surface area contributed by atoms with Gasteiger partial charge in [-0.1, -0.05) is 36.4 Å². The molecule has 0 aliphatic rings. The molecule has 0 aliphatic carbocycles. The van der Waals surface area contributed by atoms with Crippen LogP contribution in [-0.4, -0.2) is 11.7 Å². The van der Waals surface area contributed by atoms with E-state index >= 15 is 0 Å². The number of rotatable bonds is 2. The van der Waals surface area contributed by atoms with Crippen LogP contribution in [0.5, 0.6) is 0 Å². The Morgan fingerprint density at radius 3 is 2.40 bits per heavy atom. The number of hydrogen-bond acceptors (Lipinski definition) is 2. The smallest absolute Gasteiger partial charge is 0.0912 e. The molecule has 0 saturated carbocycles. The van der Waals surface area contributed by atoms with Gasteiger partial charge in [-0.3, -0.25) is 0 Å². The van der Waals surface area contributed by atoms with Crippen LogP contribution >= 0.6 is 12.4 Å². The van der Waals surface area contributed by atoms with Crippen LogP contribution in [0, 0.1) is 0 Å². The Morgan fingerprint density at radius 2 is 1.73 bits per heavy atom. The van der Waals surface area contributed by atoms with Gasteiger partial charge in [0.25, 0.3) is 0 Å². The summed E-state index contributed by atoms with van der Waals surface area (Å²) in [5.41, 5.74) is 6.28. The molecule has 0 aliphatic heterocycles. The molecule has 0 amide bonds. The van der Waals surface area contributed by atoms with E-state index in [0.29, 0.717) is 0 Å². The lowest BCUT2D eigenvalue weighted by Crippen LogP contribution is -2.11. The van der Waals surface area contributed by atoms with Crippen LogP contribution in [0.2, 0.25) is 0 Å². The molecule has 0 spiro atoms. The lowest BCUT2D eigenvalue weighted by molar-refractivity contribution is 0.187. The van der Waals surface area contributed by atoms with Crippen LogP contribution in [0.25, 0.3) is 10.8 Å². The Morgan fingerprint density at radius 1 is 1.07 bits per heavy atom. The molecular weight excluding hydrogens is 210 g/mol. The van der Waals surface area contributed by atoms with Gasteiger partial charge in [-0.2, -0.15) is 0 Å². The molecule has 0 radical (unpaired) electrons. The van der Waals surface area contributed by atoms with Gasteiger partial charge in [0.15, 0.2) is 0 Å². The average Bonchev–Trinajstić information content (AvgIpc) is 2.27. The number of aliphatic hydroxyl groups is 1. The number of nitrogens with two attached hydrogens (primary N) is 1. The first-order valence-electron chi connectivity index (χ1n) is 4.68. The summed E-state index contributed by atoms with van der Waals surface area (Å²) >= 11 is 0. The minimum Gasteiger partial charge on any atom is -0.387 e. The Balaban J connectivity index is 0.00000112. The normalized spacial score (nSPS) is 12.1. The van der Waals surface area contributed by atoms with Gasteiger partial charge in [0.2, 0.25) is 0 Å². The second-order valence-corrected chi connectivity index (χ2v) is 3.36. The molecular formula is C12H14ClNO. The highest BCUT2D eigenvalue weighted by atomic mass is 35.5. The maximum absolute atomic E-state index is 9.56. The molecule has 3 N–H and O–H groups in total. The average molecular weight is 224 g/mol. The maximum Gasteiger partial charge on any atom is 0.0912 e. The lowest BCUT2D eigenvalue weighted by Gasteiger charge is -2.08. The van der Waals surface area contributed by atoms with Gasteiger partial charge in [-0.15, -0.1) is 12.4 Å². The Labute approximate surface area is 95.1 Å². The molecule has 1 atom stereocenters. The lowest BCUT2D eigenvalue weighted by atomic mass is 10.0. The number of halogens is 1. The van der Waals surface area contributed by atoms with Crippen molar-refractivity contribution in [3.63, 3.8) is 0 Å². The first kappa shape index (κ1) is 12.0. The van der Waals surface area contributed by atoms with Crippen LogP contribution < -0.4 is 5.73 Å². The van der Waals surface area contributed by atoms with Crippen LogP contribution in [0.4, 0.5) is 0 Å². The van der Waals surface area contributed by atoms with Crippen molar-refractivity contribution in [3.8, 4) is 0 Å². The summed E-state index contributed by atoms with van der Waals surface area (Å²) in [4.78, 5) is 0. The van der Waals surface area contributed by atoms with Crippen molar-refractivity contribution in [2.45, 2.75) is 6.10 Å². The molecule has 0 unspecified atom stereocenters. The summed E-state index contributed by atoms with van der Waals surface area (Å²) in [5, 5.41) is 11.9. The summed E-state index contributed by atoms with van der Waals surface area (Å²) in [6, 6.07) is 14.0. The molecule has 0 bridgehead atoms. The highest BCUT2D eigenvalue weighted by Gasteiger charge is 2.04. The van der Waals surface area contributed by atoms with Crippen molar-refractivity contribution in [1.82, 2.24) is 0 Å². The molecule has 15 heavy (non-hydrogen) atoms. The topological polar surface area (TPSA) is 46.2 Å². The van der Waals surface area contributed by atoms with Gasteiger partial charge in [0.1, 0.15) is 0 Å². The molecule has 2 aromatic carbocycles. The molecule has 0 fully saturated rings. The summed E-state index contributed by atoms with van der Waals surface area (Å²) in [7, 11) is 0. The van der Waals surface area contributed by atoms with Crippen molar-refractivity contribution in [2.24, 2.45) is 5.73 Å². The molecule has 0 saturated heterocycles. The van der Waals surface area contributed by atoms with Crippen LogP contribution in [0.3, 0.4) is 0 Å². The first-order chi connectivity index (χ1) is 6.81. The van der Waals surface area contributed by atoms with E-state index in [1.807, 2.05) is 42.5 Å². The third-order valence-electron chi connectivity index (χ3n) is 2.38. The molecule has 0 aromatic heterocycles. The van der Waals surface area contributed by atoms with Gasteiger partial charge >= 0.3 is 0 Å². The number of fused-ring (bicyclic) bond motifs is 1. The Bertz CT molecular complexity index is 444. The SMILES string of the molecule is Cl.NC[C@@H](O)c1ccc2ccccc2c1. The van der Waals surface area contributed by atoms with Gasteiger partial charge in [0.05, 0.1) is 6.10 Å². The van der Waals surface area contributed by atoms with Crippen LogP contribution in [-0.2, 0) is 0 Å². The van der Waals surface area contributed by atoms with Gasteiger partial charge in [-0.25, -0.2) is 0 Å². The third kappa shape index (κ3) is 2.48. The summed E-state index contributed by atoms with van der Waals surface area (Å²) in [6.07, 6.45) is -0.556. The largest absolute Gasteiger partial charge is 0.387 e. The molecule has 80 valence electrons. The van der Waals surface area contributed by atoms with E-state index in [-0.39, 0.29) is 19.0 Å². The molecule has 2 rings (SSSR count). The van der Waals surface area contributed by atoms with Crippen molar-refractivity contribution in [2.75, 3.05) is 6.54 Å². The second-order valence-electron chi connectivity index (χ2n) is 3.36. The van der Waals surface area contributed by atoms with Gasteiger partial charge in [-0.05, 0) is 22.4 Å². The van der Waals surface area contributed by atoms with Crippen LogP contribution in [0.1, 0.15) is 11.7 Å². The zero-order valence-electron chi connectivity index (χ0n) is 8.26. The second kappa shape index (κ2) is 5.12. The molecule has 2 aromatic rings. The zero-order valence-corrected chi connectivity index (χ0v) is 9.08. The van der Waals surface area contributed by atoms with E-state index in [1.165, 1.54) is 5.39 Å². The third-order valence-corrected chi connectivity index (χ3v) is 2.38. The van der Waals surface area contributed by atoms with E-state index in [0.717, 1.165) is 10.9 Å². The fourth-order valence-electron chi connectivity index (χ4n) is 1.55. The Hall–Kier alpha value is -1.09. The highest BCUT2D eigenvalue weighted by molar-refractivity contribution is 5.85. The highest BCUT2D eigenvalue weighted by Crippen LogP contribution is 2.19. The van der Waals surface area contributed by atoms with Gasteiger partial charge < -0.3 is 10.8 Å². The molecule has 3 heteroatoms. The van der Waals surface area contributed by atoms with Crippen molar-refractivity contribution in [3.05, 3.63) is 48.0 Å². The standard InChI is InChI=1S/C12H13NO.ClH/c13-8-12(14)11-6-5-9-3-1-2-4-10(9)7-11;/h1-7,12,14H,8,13H2;1H/t12-;/m1./s1. The van der Waals surface area contributed by atoms with Gasteiger partial charge in [0, 0.05) is 6.54 Å². The molecule has 0 heterocycles. The number of aliphatic hydroxyl groups excluding tert-OH is 1. The number of hydrogen-bond donors (Lipinski definition) is 2. The minimum atomic E-state index is -0.556. The van der Waals surface area contributed by atoms with E-state index in [4.69, 9.17) is 5.73 Å². The molecule has 2 nitrogen and oxygen atoms in total. The first-order valence-corrected chi connectivity index (χ1v) is 4.68.